The van der Waals surface area contributed by atoms with Crippen LogP contribution in [0.5, 0.6) is 0 Å². The van der Waals surface area contributed by atoms with E-state index in [1.165, 1.54) is 0 Å². The van der Waals surface area contributed by atoms with Crippen molar-refractivity contribution in [2.45, 2.75) is 32.4 Å². The van der Waals surface area contributed by atoms with Crippen LogP contribution in [-0.4, -0.2) is 34.2 Å². The normalized spacial score (nSPS) is 19.3. The number of rotatable bonds is 4. The van der Waals surface area contributed by atoms with Gasteiger partial charge in [0.05, 0.1) is 11.4 Å². The molecule has 1 fully saturated rings. The number of hydrogen-bond donors (Lipinski definition) is 1. The predicted octanol–water partition coefficient (Wildman–Crippen LogP) is 2.36. The minimum Gasteiger partial charge on any atom is -0.333 e. The molecular formula is C14H20N4OS. The number of nitrogens with two attached hydrogens (primary N) is 1. The van der Waals surface area contributed by atoms with Crippen LogP contribution in [0.15, 0.2) is 22.0 Å². The topological polar surface area (TPSA) is 68.2 Å². The Morgan fingerprint density at radius 3 is 2.95 bits per heavy atom. The fourth-order valence-electron chi connectivity index (χ4n) is 2.66. The maximum Gasteiger partial charge on any atom is 0.268 e. The summed E-state index contributed by atoms with van der Waals surface area (Å²) in [5, 5.41) is 6.09. The second-order valence-electron chi connectivity index (χ2n) is 5.47. The standard InChI is InChI=1S/C14H20N4OS/c1-10(15)11-4-6-18(7-5-11)9-13-16-14(19-17-13)12-3-2-8-20-12/h2-3,8,10-11H,4-7,9,15H2,1H3. The van der Waals surface area contributed by atoms with E-state index in [1.807, 2.05) is 17.5 Å². The summed E-state index contributed by atoms with van der Waals surface area (Å²) in [7, 11) is 0. The molecule has 1 aliphatic rings. The summed E-state index contributed by atoms with van der Waals surface area (Å²) >= 11 is 1.62. The van der Waals surface area contributed by atoms with Crippen LogP contribution in [-0.2, 0) is 6.54 Å². The van der Waals surface area contributed by atoms with Crippen LogP contribution in [0.2, 0.25) is 0 Å². The first kappa shape index (κ1) is 13.7. The van der Waals surface area contributed by atoms with E-state index < -0.39 is 0 Å². The number of aromatic nitrogens is 2. The Morgan fingerprint density at radius 1 is 1.50 bits per heavy atom. The average molecular weight is 292 g/mol. The zero-order valence-electron chi connectivity index (χ0n) is 11.7. The first-order chi connectivity index (χ1) is 9.72. The molecule has 108 valence electrons. The molecule has 2 aromatic heterocycles. The number of piperidine rings is 1. The van der Waals surface area contributed by atoms with Gasteiger partial charge in [0.2, 0.25) is 0 Å². The predicted molar refractivity (Wildman–Crippen MR) is 79.3 cm³/mol. The molecule has 3 rings (SSSR count). The Labute approximate surface area is 122 Å². The third-order valence-corrected chi connectivity index (χ3v) is 4.80. The minimum atomic E-state index is 0.299. The van der Waals surface area contributed by atoms with E-state index in [-0.39, 0.29) is 0 Å². The molecule has 6 heteroatoms. The summed E-state index contributed by atoms with van der Waals surface area (Å²) in [4.78, 5) is 7.87. The van der Waals surface area contributed by atoms with Gasteiger partial charge < -0.3 is 10.3 Å². The maximum atomic E-state index is 5.97. The molecule has 0 aromatic carbocycles. The molecular weight excluding hydrogens is 272 g/mol. The number of nitrogens with zero attached hydrogens (tertiary/aromatic N) is 3. The average Bonchev–Trinajstić information content (AvgIpc) is 3.09. The van der Waals surface area contributed by atoms with Crippen LogP contribution in [0.25, 0.3) is 10.8 Å². The molecule has 1 saturated heterocycles. The molecule has 20 heavy (non-hydrogen) atoms. The highest BCUT2D eigenvalue weighted by Crippen LogP contribution is 2.24. The van der Waals surface area contributed by atoms with Crippen molar-refractivity contribution in [2.24, 2.45) is 11.7 Å². The van der Waals surface area contributed by atoms with E-state index in [0.717, 1.165) is 43.2 Å². The van der Waals surface area contributed by atoms with Gasteiger partial charge in [-0.1, -0.05) is 11.2 Å². The van der Waals surface area contributed by atoms with Crippen molar-refractivity contribution in [1.82, 2.24) is 15.0 Å². The molecule has 2 aromatic rings. The van der Waals surface area contributed by atoms with Crippen molar-refractivity contribution in [1.29, 1.82) is 0 Å². The summed E-state index contributed by atoms with van der Waals surface area (Å²) < 4.78 is 5.31. The summed E-state index contributed by atoms with van der Waals surface area (Å²) in [5.74, 6) is 2.05. The van der Waals surface area contributed by atoms with E-state index in [0.29, 0.717) is 17.9 Å². The molecule has 1 aliphatic heterocycles. The van der Waals surface area contributed by atoms with Gasteiger partial charge >= 0.3 is 0 Å². The lowest BCUT2D eigenvalue weighted by atomic mass is 9.91. The number of thiophene rings is 1. The van der Waals surface area contributed by atoms with Gasteiger partial charge in [-0.15, -0.1) is 11.3 Å². The Hall–Kier alpha value is -1.24. The molecule has 1 atom stereocenters. The second-order valence-corrected chi connectivity index (χ2v) is 6.41. The first-order valence-electron chi connectivity index (χ1n) is 7.07. The summed E-state index contributed by atoms with van der Waals surface area (Å²) in [6, 6.07) is 4.28. The van der Waals surface area contributed by atoms with Crippen molar-refractivity contribution in [3.05, 3.63) is 23.3 Å². The molecule has 0 bridgehead atoms. The van der Waals surface area contributed by atoms with Crippen LogP contribution in [0.4, 0.5) is 0 Å². The van der Waals surface area contributed by atoms with Gasteiger partial charge in [0, 0.05) is 6.04 Å². The van der Waals surface area contributed by atoms with Crippen LogP contribution in [0.3, 0.4) is 0 Å². The summed E-state index contributed by atoms with van der Waals surface area (Å²) in [6.07, 6.45) is 2.32. The summed E-state index contributed by atoms with van der Waals surface area (Å²) in [5.41, 5.74) is 5.97. The zero-order chi connectivity index (χ0) is 13.9. The molecule has 1 unspecified atom stereocenters. The van der Waals surface area contributed by atoms with Gasteiger partial charge in [-0.05, 0) is 50.2 Å². The Balaban J connectivity index is 1.57. The first-order valence-corrected chi connectivity index (χ1v) is 7.95. The largest absolute Gasteiger partial charge is 0.333 e. The van der Waals surface area contributed by atoms with Gasteiger partial charge in [-0.3, -0.25) is 4.90 Å². The highest BCUT2D eigenvalue weighted by atomic mass is 32.1. The molecule has 0 aliphatic carbocycles. The molecule has 3 heterocycles. The van der Waals surface area contributed by atoms with Crippen molar-refractivity contribution in [3.8, 4) is 10.8 Å². The molecule has 0 spiro atoms. The van der Waals surface area contributed by atoms with Crippen LogP contribution < -0.4 is 5.73 Å². The minimum absolute atomic E-state index is 0.299. The summed E-state index contributed by atoms with van der Waals surface area (Å²) in [6.45, 7) is 5.00. The third kappa shape index (κ3) is 3.08. The lowest BCUT2D eigenvalue weighted by Gasteiger charge is -2.32. The van der Waals surface area contributed by atoms with E-state index in [4.69, 9.17) is 10.3 Å². The van der Waals surface area contributed by atoms with E-state index in [1.54, 1.807) is 11.3 Å². The fraction of sp³-hybridized carbons (Fsp3) is 0.571. The van der Waals surface area contributed by atoms with Crippen molar-refractivity contribution in [2.75, 3.05) is 13.1 Å². The maximum absolute atomic E-state index is 5.97. The van der Waals surface area contributed by atoms with Crippen molar-refractivity contribution in [3.63, 3.8) is 0 Å². The van der Waals surface area contributed by atoms with Crippen LogP contribution >= 0.6 is 11.3 Å². The van der Waals surface area contributed by atoms with Gasteiger partial charge in [-0.25, -0.2) is 0 Å². The van der Waals surface area contributed by atoms with Crippen molar-refractivity contribution < 1.29 is 4.52 Å². The molecule has 0 amide bonds. The van der Waals surface area contributed by atoms with Gasteiger partial charge in [-0.2, -0.15) is 4.98 Å². The SMILES string of the molecule is CC(N)C1CCN(Cc2noc(-c3cccs3)n2)CC1. The quantitative estimate of drug-likeness (QED) is 0.937. The molecule has 2 N–H and O–H groups in total. The lowest BCUT2D eigenvalue weighted by Crippen LogP contribution is -2.39. The zero-order valence-corrected chi connectivity index (χ0v) is 12.5. The number of hydrogen-bond acceptors (Lipinski definition) is 6. The third-order valence-electron chi connectivity index (χ3n) is 3.94. The smallest absolute Gasteiger partial charge is 0.268 e. The van der Waals surface area contributed by atoms with Crippen molar-refractivity contribution >= 4 is 11.3 Å². The Kier molecular flexibility index (Phi) is 4.14. The van der Waals surface area contributed by atoms with Crippen LogP contribution in [0.1, 0.15) is 25.6 Å². The molecule has 0 radical (unpaired) electrons. The lowest BCUT2D eigenvalue weighted by molar-refractivity contribution is 0.161. The van der Waals surface area contributed by atoms with Crippen LogP contribution in [0, 0.1) is 5.92 Å². The highest BCUT2D eigenvalue weighted by Gasteiger charge is 2.23. The second kappa shape index (κ2) is 6.03. The monoisotopic (exact) mass is 292 g/mol. The fourth-order valence-corrected chi connectivity index (χ4v) is 3.30. The van der Waals surface area contributed by atoms with Gasteiger partial charge in [0.1, 0.15) is 0 Å². The Bertz CT molecular complexity index is 529. The molecule has 0 saturated carbocycles. The van der Waals surface area contributed by atoms with Gasteiger partial charge in [0.15, 0.2) is 5.82 Å². The molecule has 5 nitrogen and oxygen atoms in total. The van der Waals surface area contributed by atoms with Gasteiger partial charge in [0.25, 0.3) is 5.89 Å². The van der Waals surface area contributed by atoms with E-state index in [2.05, 4.69) is 22.0 Å². The van der Waals surface area contributed by atoms with E-state index >= 15 is 0 Å². The number of likely N-dealkylation sites (tertiary alicyclic amines) is 1. The highest BCUT2D eigenvalue weighted by molar-refractivity contribution is 7.13. The Morgan fingerprint density at radius 2 is 2.30 bits per heavy atom. The van der Waals surface area contributed by atoms with E-state index in [9.17, 15) is 0 Å².